The number of fused-ring (bicyclic) bond motifs is 2. The average molecular weight is 858 g/mol. The van der Waals surface area contributed by atoms with Gasteiger partial charge < -0.3 is 9.84 Å². The minimum atomic E-state index is -3.72. The number of hydrogen-bond acceptors (Lipinski definition) is 5. The van der Waals surface area contributed by atoms with E-state index < -0.39 is 60.3 Å². The molecule has 318 valence electrons. The van der Waals surface area contributed by atoms with Gasteiger partial charge in [-0.2, -0.15) is 8.78 Å². The molecule has 14 heteroatoms. The van der Waals surface area contributed by atoms with Crippen molar-refractivity contribution in [3.8, 4) is 0 Å². The molecule has 0 spiro atoms. The zero-order valence-electron chi connectivity index (χ0n) is 32.6. The fourth-order valence-electron chi connectivity index (χ4n) is 8.20. The van der Waals surface area contributed by atoms with Gasteiger partial charge in [-0.1, -0.05) is 42.5 Å². The first-order valence-electron chi connectivity index (χ1n) is 19.8. The molecule has 4 atom stereocenters. The molecule has 8 nitrogen and oxygen atoms in total. The van der Waals surface area contributed by atoms with Gasteiger partial charge in [0.1, 0.15) is 0 Å². The van der Waals surface area contributed by atoms with Crippen LogP contribution < -0.4 is 20.6 Å². The summed E-state index contributed by atoms with van der Waals surface area (Å²) < 4.78 is 88.6. The SMILES string of the molecule is O=C(O)C(F)(F)CC/C=C\C[C@@H]1[C@H](CNS(=O)(=O)CCc2ccccc2)[C@@H]2CC[C@H]1O2.O=C(O)CC(F)(F)CC[PH](c1ccccc1)(c1ccccc1)c1ccccc1. The van der Waals surface area contributed by atoms with Crippen molar-refractivity contribution in [3.63, 3.8) is 0 Å². The number of halogens is 4. The fourth-order valence-corrected chi connectivity index (χ4v) is 14.2. The van der Waals surface area contributed by atoms with E-state index in [9.17, 15) is 35.6 Å². The molecule has 4 aromatic rings. The molecule has 0 saturated carbocycles. The summed E-state index contributed by atoms with van der Waals surface area (Å²) in [6, 6.07) is 38.8. The Morgan fingerprint density at radius 2 is 1.22 bits per heavy atom. The Kier molecular flexibility index (Phi) is 16.0. The monoisotopic (exact) mass is 857 g/mol. The van der Waals surface area contributed by atoms with Gasteiger partial charge in [0.2, 0.25) is 10.0 Å². The summed E-state index contributed by atoms with van der Waals surface area (Å²) in [6.45, 7) is 0.299. The van der Waals surface area contributed by atoms with Crippen LogP contribution in [0.15, 0.2) is 133 Å². The summed E-state index contributed by atoms with van der Waals surface area (Å²) in [5.74, 6) is -10.4. The van der Waals surface area contributed by atoms with Crippen LogP contribution in [0.1, 0.15) is 50.5 Å². The molecule has 6 rings (SSSR count). The fraction of sp³-hybridized carbons (Fsp3) is 0.378. The van der Waals surface area contributed by atoms with Gasteiger partial charge in [0.25, 0.3) is 0 Å². The van der Waals surface area contributed by atoms with Crippen molar-refractivity contribution < 1.29 is 50.5 Å². The second-order valence-electron chi connectivity index (χ2n) is 15.2. The van der Waals surface area contributed by atoms with E-state index in [0.29, 0.717) is 19.4 Å². The van der Waals surface area contributed by atoms with E-state index in [-0.39, 0.29) is 42.4 Å². The average Bonchev–Trinajstić information content (AvgIpc) is 3.83. The van der Waals surface area contributed by atoms with Crippen molar-refractivity contribution in [2.24, 2.45) is 11.8 Å². The third kappa shape index (κ3) is 12.8. The summed E-state index contributed by atoms with van der Waals surface area (Å²) in [5, 5.41) is 20.4. The number of aryl methyl sites for hydroxylation is 1. The Morgan fingerprint density at radius 3 is 1.71 bits per heavy atom. The number of rotatable bonds is 20. The minimum absolute atomic E-state index is 0.0107. The Labute approximate surface area is 344 Å². The number of hydrogen-bond donors (Lipinski definition) is 3. The number of aliphatic carboxylic acids is 2. The molecule has 3 N–H and O–H groups in total. The van der Waals surface area contributed by atoms with E-state index >= 15 is 0 Å². The molecule has 4 aromatic carbocycles. The second kappa shape index (κ2) is 20.7. The van der Waals surface area contributed by atoms with Gasteiger partial charge in [-0.05, 0) is 43.6 Å². The van der Waals surface area contributed by atoms with Crippen molar-refractivity contribution in [1.82, 2.24) is 4.72 Å². The van der Waals surface area contributed by atoms with Crippen LogP contribution >= 0.6 is 7.26 Å². The first-order valence-corrected chi connectivity index (χ1v) is 23.7. The van der Waals surface area contributed by atoms with Crippen molar-refractivity contribution in [3.05, 3.63) is 139 Å². The Hall–Kier alpha value is -4.42. The van der Waals surface area contributed by atoms with Gasteiger partial charge in [-0.3, -0.25) is 0 Å². The predicted octanol–water partition coefficient (Wildman–Crippen LogP) is 7.60. The summed E-state index contributed by atoms with van der Waals surface area (Å²) in [4.78, 5) is 21.3. The van der Waals surface area contributed by atoms with Crippen LogP contribution in [-0.4, -0.2) is 73.1 Å². The summed E-state index contributed by atoms with van der Waals surface area (Å²) in [5.41, 5.74) is 0.965. The van der Waals surface area contributed by atoms with Crippen LogP contribution in [0.5, 0.6) is 0 Å². The number of carboxylic acids is 2. The zero-order valence-corrected chi connectivity index (χ0v) is 34.5. The maximum atomic E-state index is 14.4. The number of nitrogens with one attached hydrogen (secondary N) is 1. The normalized spacial score (nSPS) is 19.6. The van der Waals surface area contributed by atoms with E-state index in [1.807, 2.05) is 121 Å². The van der Waals surface area contributed by atoms with Crippen LogP contribution in [0.2, 0.25) is 0 Å². The van der Waals surface area contributed by atoms with Crippen molar-refractivity contribution in [2.75, 3.05) is 18.5 Å². The summed E-state index contributed by atoms with van der Waals surface area (Å²) in [7, 11) is -6.18. The quantitative estimate of drug-likeness (QED) is 0.0475. The van der Waals surface area contributed by atoms with Crippen LogP contribution in [0.25, 0.3) is 0 Å². The molecule has 0 aromatic heterocycles. The van der Waals surface area contributed by atoms with Crippen LogP contribution in [0.4, 0.5) is 17.6 Å². The standard InChI is InChI=1S/C23H23F2O2P.C22H29F2NO5S/c24-23(25,18-22(26)27)16-17-28(19-10-4-1-5-11-19,20-12-6-2-7-13-20)21-14-8-3-9-15-21;23-22(24,21(26)27)13-6-2-5-9-17-18(20-11-10-19(17)30-20)15-25-31(28,29)14-12-16-7-3-1-4-8-16/h1-15,28H,16-18H2,(H,26,27);1-5,7-8,17-20,25H,6,9-15H2,(H,26,27)/b;5-2-/t;17-,18+,19-,20+/m.1/s1. The molecule has 2 heterocycles. The number of carbonyl (C=O) groups is 2. The molecule has 0 amide bonds. The summed E-state index contributed by atoms with van der Waals surface area (Å²) >= 11 is 0. The number of allylic oxidation sites excluding steroid dienone is 2. The molecular formula is C45H52F4NO7PS. The molecule has 2 saturated heterocycles. The topological polar surface area (TPSA) is 130 Å². The molecule has 59 heavy (non-hydrogen) atoms. The van der Waals surface area contributed by atoms with Gasteiger partial charge in [-0.15, -0.1) is 0 Å². The molecule has 2 aliphatic heterocycles. The van der Waals surface area contributed by atoms with E-state index in [4.69, 9.17) is 14.9 Å². The van der Waals surface area contributed by atoms with Crippen LogP contribution in [0, 0.1) is 11.8 Å². The number of ether oxygens (including phenoxy) is 1. The first kappa shape index (κ1) is 45.7. The summed E-state index contributed by atoms with van der Waals surface area (Å²) in [6.07, 6.45) is 4.11. The van der Waals surface area contributed by atoms with Gasteiger partial charge >= 0.3 is 176 Å². The number of benzene rings is 4. The van der Waals surface area contributed by atoms with Crippen LogP contribution in [-0.2, 0) is 30.8 Å². The molecule has 2 aliphatic rings. The van der Waals surface area contributed by atoms with Gasteiger partial charge in [0.05, 0.1) is 18.0 Å². The number of alkyl halides is 4. The molecule has 2 bridgehead atoms. The van der Waals surface area contributed by atoms with E-state index in [1.54, 1.807) is 12.2 Å². The second-order valence-corrected chi connectivity index (χ2v) is 21.2. The predicted molar refractivity (Wildman–Crippen MR) is 226 cm³/mol. The Bertz CT molecular complexity index is 1980. The Balaban J connectivity index is 0.000000225. The van der Waals surface area contributed by atoms with E-state index in [1.165, 1.54) is 0 Å². The van der Waals surface area contributed by atoms with Gasteiger partial charge in [-0.25, -0.2) is 17.9 Å². The number of sulfonamides is 1. The molecule has 0 radical (unpaired) electrons. The van der Waals surface area contributed by atoms with E-state index in [0.717, 1.165) is 34.3 Å². The number of carboxylic acid groups (broad SMARTS) is 2. The first-order chi connectivity index (χ1) is 28.1. The zero-order chi connectivity index (χ0) is 42.5. The van der Waals surface area contributed by atoms with Gasteiger partial charge in [0.15, 0.2) is 0 Å². The van der Waals surface area contributed by atoms with E-state index in [2.05, 4.69) is 4.72 Å². The maximum absolute atomic E-state index is 14.4. The third-order valence-electron chi connectivity index (χ3n) is 11.2. The molecule has 0 aliphatic carbocycles. The molecule has 0 unspecified atom stereocenters. The molecular weight excluding hydrogens is 806 g/mol. The third-order valence-corrected chi connectivity index (χ3v) is 17.5. The Morgan fingerprint density at radius 1 is 0.729 bits per heavy atom. The van der Waals surface area contributed by atoms with Crippen molar-refractivity contribution in [1.29, 1.82) is 0 Å². The molecule has 2 fully saturated rings. The van der Waals surface area contributed by atoms with Gasteiger partial charge in [0, 0.05) is 18.9 Å². The van der Waals surface area contributed by atoms with Crippen LogP contribution in [0.3, 0.4) is 0 Å². The van der Waals surface area contributed by atoms with Crippen molar-refractivity contribution >= 4 is 45.1 Å². The van der Waals surface area contributed by atoms with Crippen molar-refractivity contribution in [2.45, 2.75) is 75.4 Å².